The van der Waals surface area contributed by atoms with E-state index in [2.05, 4.69) is 23.0 Å². The number of nitrogens with two attached hydrogens (primary N) is 1. The molecule has 1 aliphatic carbocycles. The largest absolute Gasteiger partial charge is 0.357 e. The zero-order chi connectivity index (χ0) is 12.1. The molecule has 0 unspecified atom stereocenters. The molecule has 2 N–H and O–H groups in total. The first-order valence-corrected chi connectivity index (χ1v) is 6.69. The Labute approximate surface area is 104 Å². The van der Waals surface area contributed by atoms with Crippen molar-refractivity contribution in [2.45, 2.75) is 51.1 Å². The highest BCUT2D eigenvalue weighted by molar-refractivity contribution is 5.41. The maximum atomic E-state index is 5.68. The van der Waals surface area contributed by atoms with Gasteiger partial charge >= 0.3 is 0 Å². The van der Waals surface area contributed by atoms with Gasteiger partial charge in [0, 0.05) is 25.8 Å². The lowest BCUT2D eigenvalue weighted by molar-refractivity contribution is 0.549. The Morgan fingerprint density at radius 1 is 1.29 bits per heavy atom. The van der Waals surface area contributed by atoms with E-state index in [-0.39, 0.29) is 0 Å². The van der Waals surface area contributed by atoms with Crippen molar-refractivity contribution in [3.63, 3.8) is 0 Å². The Kier molecular flexibility index (Phi) is 4.37. The van der Waals surface area contributed by atoms with Gasteiger partial charge in [-0.3, -0.25) is 0 Å². The maximum Gasteiger partial charge on any atom is 0.128 e. The predicted molar refractivity (Wildman–Crippen MR) is 72.0 cm³/mol. The second-order valence-corrected chi connectivity index (χ2v) is 4.98. The Balaban J connectivity index is 2.08. The number of hydrogen-bond acceptors (Lipinski definition) is 3. The SMILES string of the molecule is CN(c1cc(CN)ccn1)C1CCCCCC1. The van der Waals surface area contributed by atoms with Crippen LogP contribution < -0.4 is 10.6 Å². The highest BCUT2D eigenvalue weighted by Crippen LogP contribution is 2.24. The molecule has 1 aromatic heterocycles. The molecule has 1 saturated carbocycles. The molecule has 3 nitrogen and oxygen atoms in total. The molecule has 1 aliphatic rings. The lowest BCUT2D eigenvalue weighted by atomic mass is 10.1. The molecular weight excluding hydrogens is 210 g/mol. The van der Waals surface area contributed by atoms with Gasteiger partial charge in [0.25, 0.3) is 0 Å². The van der Waals surface area contributed by atoms with E-state index in [0.717, 1.165) is 11.4 Å². The molecule has 1 aromatic rings. The first kappa shape index (κ1) is 12.4. The first-order valence-electron chi connectivity index (χ1n) is 6.69. The van der Waals surface area contributed by atoms with Crippen LogP contribution in [0.1, 0.15) is 44.1 Å². The van der Waals surface area contributed by atoms with E-state index in [1.54, 1.807) is 0 Å². The van der Waals surface area contributed by atoms with Crippen molar-refractivity contribution < 1.29 is 0 Å². The molecule has 0 atom stereocenters. The van der Waals surface area contributed by atoms with Crippen LogP contribution in [-0.4, -0.2) is 18.1 Å². The molecule has 0 spiro atoms. The molecule has 2 rings (SSSR count). The Morgan fingerprint density at radius 2 is 2.00 bits per heavy atom. The molecule has 1 heterocycles. The number of anilines is 1. The predicted octanol–water partition coefficient (Wildman–Crippen LogP) is 2.70. The number of rotatable bonds is 3. The van der Waals surface area contributed by atoms with Crippen molar-refractivity contribution >= 4 is 5.82 Å². The average Bonchev–Trinajstić information content (AvgIpc) is 2.67. The van der Waals surface area contributed by atoms with Gasteiger partial charge in [-0.2, -0.15) is 0 Å². The molecule has 94 valence electrons. The van der Waals surface area contributed by atoms with Crippen LogP contribution in [0, 0.1) is 0 Å². The van der Waals surface area contributed by atoms with Crippen molar-refractivity contribution in [2.75, 3.05) is 11.9 Å². The van der Waals surface area contributed by atoms with Crippen LogP contribution in [0.15, 0.2) is 18.3 Å². The highest BCUT2D eigenvalue weighted by atomic mass is 15.2. The van der Waals surface area contributed by atoms with Crippen molar-refractivity contribution in [3.05, 3.63) is 23.9 Å². The van der Waals surface area contributed by atoms with E-state index in [1.165, 1.54) is 38.5 Å². The standard InChI is InChI=1S/C14H23N3/c1-17(13-6-4-2-3-5-7-13)14-10-12(11-15)8-9-16-14/h8-10,13H,2-7,11,15H2,1H3. The lowest BCUT2D eigenvalue weighted by Crippen LogP contribution is -2.31. The van der Waals surface area contributed by atoms with Gasteiger partial charge in [0.1, 0.15) is 5.82 Å². The van der Waals surface area contributed by atoms with Crippen molar-refractivity contribution in [1.29, 1.82) is 0 Å². The molecule has 0 saturated heterocycles. The second-order valence-electron chi connectivity index (χ2n) is 4.98. The molecule has 0 amide bonds. The Bertz CT molecular complexity index is 343. The summed E-state index contributed by atoms with van der Waals surface area (Å²) in [6.45, 7) is 0.591. The van der Waals surface area contributed by atoms with Crippen LogP contribution in [0.4, 0.5) is 5.82 Å². The van der Waals surface area contributed by atoms with Crippen LogP contribution in [-0.2, 0) is 6.54 Å². The van der Waals surface area contributed by atoms with E-state index >= 15 is 0 Å². The second kappa shape index (κ2) is 6.01. The van der Waals surface area contributed by atoms with E-state index in [1.807, 2.05) is 12.3 Å². The normalized spacial score (nSPS) is 17.8. The van der Waals surface area contributed by atoms with Crippen molar-refractivity contribution in [2.24, 2.45) is 5.73 Å². The third-order valence-electron chi connectivity index (χ3n) is 3.78. The topological polar surface area (TPSA) is 42.1 Å². The fourth-order valence-electron chi connectivity index (χ4n) is 2.61. The smallest absolute Gasteiger partial charge is 0.128 e. The number of aromatic nitrogens is 1. The van der Waals surface area contributed by atoms with Crippen LogP contribution in [0.3, 0.4) is 0 Å². The molecule has 0 aliphatic heterocycles. The van der Waals surface area contributed by atoms with Gasteiger partial charge in [0.05, 0.1) is 0 Å². The molecule has 0 bridgehead atoms. The number of pyridine rings is 1. The van der Waals surface area contributed by atoms with Crippen molar-refractivity contribution in [1.82, 2.24) is 4.98 Å². The monoisotopic (exact) mass is 233 g/mol. The van der Waals surface area contributed by atoms with Gasteiger partial charge in [-0.1, -0.05) is 25.7 Å². The fourth-order valence-corrected chi connectivity index (χ4v) is 2.61. The number of hydrogen-bond donors (Lipinski definition) is 1. The highest BCUT2D eigenvalue weighted by Gasteiger charge is 2.18. The third-order valence-corrected chi connectivity index (χ3v) is 3.78. The van der Waals surface area contributed by atoms with E-state index in [4.69, 9.17) is 5.73 Å². The summed E-state index contributed by atoms with van der Waals surface area (Å²) in [6, 6.07) is 4.76. The van der Waals surface area contributed by atoms with Gasteiger partial charge < -0.3 is 10.6 Å². The molecule has 0 aromatic carbocycles. The molecule has 17 heavy (non-hydrogen) atoms. The summed E-state index contributed by atoms with van der Waals surface area (Å²) in [5.74, 6) is 1.07. The third kappa shape index (κ3) is 3.19. The Hall–Kier alpha value is -1.09. The maximum absolute atomic E-state index is 5.68. The van der Waals surface area contributed by atoms with Gasteiger partial charge in [-0.25, -0.2) is 4.98 Å². The van der Waals surface area contributed by atoms with Crippen LogP contribution >= 0.6 is 0 Å². The summed E-state index contributed by atoms with van der Waals surface area (Å²) in [4.78, 5) is 6.80. The zero-order valence-corrected chi connectivity index (χ0v) is 10.7. The number of nitrogens with zero attached hydrogens (tertiary/aromatic N) is 2. The van der Waals surface area contributed by atoms with Crippen LogP contribution in [0.5, 0.6) is 0 Å². The van der Waals surface area contributed by atoms with E-state index < -0.39 is 0 Å². The molecular formula is C14H23N3. The van der Waals surface area contributed by atoms with E-state index in [9.17, 15) is 0 Å². The average molecular weight is 233 g/mol. The summed E-state index contributed by atoms with van der Waals surface area (Å²) in [5, 5.41) is 0. The van der Waals surface area contributed by atoms with Gasteiger partial charge in [-0.15, -0.1) is 0 Å². The van der Waals surface area contributed by atoms with Gasteiger partial charge in [-0.05, 0) is 30.5 Å². The van der Waals surface area contributed by atoms with Gasteiger partial charge in [0.2, 0.25) is 0 Å². The first-order chi connectivity index (χ1) is 8.31. The fraction of sp³-hybridized carbons (Fsp3) is 0.643. The zero-order valence-electron chi connectivity index (χ0n) is 10.7. The van der Waals surface area contributed by atoms with Gasteiger partial charge in [0.15, 0.2) is 0 Å². The summed E-state index contributed by atoms with van der Waals surface area (Å²) < 4.78 is 0. The van der Waals surface area contributed by atoms with E-state index in [0.29, 0.717) is 12.6 Å². The van der Waals surface area contributed by atoms with Crippen LogP contribution in [0.2, 0.25) is 0 Å². The molecule has 3 heteroatoms. The minimum absolute atomic E-state index is 0.591. The Morgan fingerprint density at radius 3 is 2.65 bits per heavy atom. The minimum atomic E-state index is 0.591. The quantitative estimate of drug-likeness (QED) is 0.816. The minimum Gasteiger partial charge on any atom is -0.357 e. The van der Waals surface area contributed by atoms with Crippen LogP contribution in [0.25, 0.3) is 0 Å². The summed E-state index contributed by atoms with van der Waals surface area (Å²) in [6.07, 6.45) is 9.94. The van der Waals surface area contributed by atoms with Crippen molar-refractivity contribution in [3.8, 4) is 0 Å². The summed E-state index contributed by atoms with van der Waals surface area (Å²) in [7, 11) is 2.17. The summed E-state index contributed by atoms with van der Waals surface area (Å²) in [5.41, 5.74) is 6.84. The molecule has 1 fully saturated rings. The lowest BCUT2D eigenvalue weighted by Gasteiger charge is -2.28. The molecule has 0 radical (unpaired) electrons. The summed E-state index contributed by atoms with van der Waals surface area (Å²) >= 11 is 0.